The Morgan fingerprint density at radius 3 is 2.38 bits per heavy atom. The number of nitrogens with zero attached hydrogens (tertiary/aromatic N) is 2. The van der Waals surface area contributed by atoms with Gasteiger partial charge in [-0.2, -0.15) is 0 Å². The largest absolute Gasteiger partial charge is 0.378 e. The minimum Gasteiger partial charge on any atom is -0.378 e. The van der Waals surface area contributed by atoms with E-state index in [9.17, 15) is 4.79 Å². The SMILES string of the molecule is CN(C)c1ccc(NC(=O)CNc2ccccc2N2CCCCC2)cc1. The zero-order valence-electron chi connectivity index (χ0n) is 15.7. The van der Waals surface area contributed by atoms with E-state index < -0.39 is 0 Å². The molecule has 1 amide bonds. The first kappa shape index (κ1) is 18.1. The van der Waals surface area contributed by atoms with Gasteiger partial charge in [-0.3, -0.25) is 4.79 Å². The van der Waals surface area contributed by atoms with Gasteiger partial charge in [0.1, 0.15) is 0 Å². The normalized spacial score (nSPS) is 14.0. The fraction of sp³-hybridized carbons (Fsp3) is 0.381. The van der Waals surface area contributed by atoms with Crippen LogP contribution in [0.2, 0.25) is 0 Å². The summed E-state index contributed by atoms with van der Waals surface area (Å²) in [6, 6.07) is 16.1. The number of hydrogen-bond acceptors (Lipinski definition) is 4. The van der Waals surface area contributed by atoms with Crippen LogP contribution in [0.5, 0.6) is 0 Å². The van der Waals surface area contributed by atoms with Gasteiger partial charge >= 0.3 is 0 Å². The molecule has 2 aromatic rings. The number of nitrogens with one attached hydrogen (secondary N) is 2. The Hall–Kier alpha value is -2.69. The molecule has 1 aliphatic rings. The van der Waals surface area contributed by atoms with Gasteiger partial charge in [0.05, 0.1) is 17.9 Å². The molecule has 2 N–H and O–H groups in total. The lowest BCUT2D eigenvalue weighted by molar-refractivity contribution is -0.114. The van der Waals surface area contributed by atoms with Crippen LogP contribution in [0.25, 0.3) is 0 Å². The number of carbonyl (C=O) groups is 1. The van der Waals surface area contributed by atoms with Gasteiger partial charge in [-0.15, -0.1) is 0 Å². The number of benzene rings is 2. The maximum absolute atomic E-state index is 12.3. The molecule has 0 radical (unpaired) electrons. The molecule has 5 nitrogen and oxygen atoms in total. The first-order valence-electron chi connectivity index (χ1n) is 9.28. The Morgan fingerprint density at radius 1 is 1.00 bits per heavy atom. The van der Waals surface area contributed by atoms with E-state index in [4.69, 9.17) is 0 Å². The second kappa shape index (κ2) is 8.61. The van der Waals surface area contributed by atoms with E-state index in [0.29, 0.717) is 0 Å². The predicted molar refractivity (Wildman–Crippen MR) is 110 cm³/mol. The molecule has 0 saturated carbocycles. The van der Waals surface area contributed by atoms with Crippen molar-refractivity contribution in [3.63, 3.8) is 0 Å². The average molecular weight is 352 g/mol. The van der Waals surface area contributed by atoms with Crippen LogP contribution in [0.3, 0.4) is 0 Å². The Labute approximate surface area is 156 Å². The van der Waals surface area contributed by atoms with Crippen molar-refractivity contribution in [2.75, 3.05) is 54.2 Å². The van der Waals surface area contributed by atoms with Crippen LogP contribution in [-0.4, -0.2) is 39.6 Å². The fourth-order valence-electron chi connectivity index (χ4n) is 3.26. The van der Waals surface area contributed by atoms with Gasteiger partial charge in [-0.05, 0) is 55.7 Å². The summed E-state index contributed by atoms with van der Waals surface area (Å²) in [6.45, 7) is 2.42. The minimum absolute atomic E-state index is 0.0453. The quantitative estimate of drug-likeness (QED) is 0.830. The third kappa shape index (κ3) is 4.69. The van der Waals surface area contributed by atoms with Crippen molar-refractivity contribution in [2.24, 2.45) is 0 Å². The second-order valence-electron chi connectivity index (χ2n) is 6.91. The molecule has 5 heteroatoms. The lowest BCUT2D eigenvalue weighted by Gasteiger charge is -2.30. The van der Waals surface area contributed by atoms with Crippen molar-refractivity contribution in [3.8, 4) is 0 Å². The Kier molecular flexibility index (Phi) is 6.00. The van der Waals surface area contributed by atoms with Crippen LogP contribution in [0, 0.1) is 0 Å². The van der Waals surface area contributed by atoms with E-state index in [0.717, 1.165) is 30.2 Å². The highest BCUT2D eigenvalue weighted by molar-refractivity contribution is 5.94. The van der Waals surface area contributed by atoms with Crippen LogP contribution < -0.4 is 20.4 Å². The monoisotopic (exact) mass is 352 g/mol. The van der Waals surface area contributed by atoms with E-state index in [1.54, 1.807) is 0 Å². The van der Waals surface area contributed by atoms with E-state index in [1.165, 1.54) is 24.9 Å². The molecule has 3 rings (SSSR count). The third-order valence-corrected chi connectivity index (χ3v) is 4.71. The summed E-state index contributed by atoms with van der Waals surface area (Å²) in [5.41, 5.74) is 4.13. The Morgan fingerprint density at radius 2 is 1.69 bits per heavy atom. The zero-order valence-corrected chi connectivity index (χ0v) is 15.7. The topological polar surface area (TPSA) is 47.6 Å². The number of piperidine rings is 1. The first-order chi connectivity index (χ1) is 12.6. The molecule has 0 bridgehead atoms. The van der Waals surface area contributed by atoms with Crippen molar-refractivity contribution in [1.82, 2.24) is 0 Å². The summed E-state index contributed by atoms with van der Waals surface area (Å²) in [5, 5.41) is 6.24. The van der Waals surface area contributed by atoms with Crippen LogP contribution in [0.4, 0.5) is 22.7 Å². The fourth-order valence-corrected chi connectivity index (χ4v) is 3.26. The van der Waals surface area contributed by atoms with Gasteiger partial charge in [-0.1, -0.05) is 12.1 Å². The summed E-state index contributed by atoms with van der Waals surface area (Å²) in [7, 11) is 3.99. The van der Waals surface area contributed by atoms with E-state index >= 15 is 0 Å². The van der Waals surface area contributed by atoms with Gasteiger partial charge in [-0.25, -0.2) is 0 Å². The molecular weight excluding hydrogens is 324 g/mol. The molecule has 138 valence electrons. The van der Waals surface area contributed by atoms with Crippen LogP contribution in [0.1, 0.15) is 19.3 Å². The lowest BCUT2D eigenvalue weighted by Crippen LogP contribution is -2.30. The molecule has 0 aliphatic carbocycles. The van der Waals surface area contributed by atoms with Gasteiger partial charge in [0.2, 0.25) is 5.91 Å². The minimum atomic E-state index is -0.0453. The highest BCUT2D eigenvalue weighted by Gasteiger charge is 2.14. The molecular formula is C21H28N4O. The molecule has 1 heterocycles. The highest BCUT2D eigenvalue weighted by atomic mass is 16.1. The number of anilines is 4. The maximum atomic E-state index is 12.3. The van der Waals surface area contributed by atoms with Crippen molar-refractivity contribution in [2.45, 2.75) is 19.3 Å². The first-order valence-corrected chi connectivity index (χ1v) is 9.28. The number of para-hydroxylation sites is 2. The lowest BCUT2D eigenvalue weighted by atomic mass is 10.1. The predicted octanol–water partition coefficient (Wildman–Crippen LogP) is 3.79. The van der Waals surface area contributed by atoms with Crippen LogP contribution >= 0.6 is 0 Å². The van der Waals surface area contributed by atoms with Crippen LogP contribution in [-0.2, 0) is 4.79 Å². The molecule has 26 heavy (non-hydrogen) atoms. The molecule has 0 atom stereocenters. The highest BCUT2D eigenvalue weighted by Crippen LogP contribution is 2.28. The third-order valence-electron chi connectivity index (χ3n) is 4.71. The molecule has 2 aromatic carbocycles. The van der Waals surface area contributed by atoms with Crippen molar-refractivity contribution in [1.29, 1.82) is 0 Å². The number of amides is 1. The summed E-state index contributed by atoms with van der Waals surface area (Å²) in [5.74, 6) is -0.0453. The van der Waals surface area contributed by atoms with E-state index in [2.05, 4.69) is 27.7 Å². The summed E-state index contributed by atoms with van der Waals surface area (Å²) in [6.07, 6.45) is 3.77. The number of rotatable bonds is 6. The molecule has 0 aromatic heterocycles. The molecule has 0 unspecified atom stereocenters. The second-order valence-corrected chi connectivity index (χ2v) is 6.91. The molecule has 1 fully saturated rings. The smallest absolute Gasteiger partial charge is 0.243 e. The standard InChI is InChI=1S/C21H28N4O/c1-24(2)18-12-10-17(11-13-18)23-21(26)16-22-19-8-4-5-9-20(19)25-14-6-3-7-15-25/h4-5,8-13,22H,3,6-7,14-16H2,1-2H3,(H,23,26). The van der Waals surface area contributed by atoms with E-state index in [1.807, 2.05) is 55.4 Å². The van der Waals surface area contributed by atoms with Crippen molar-refractivity contribution >= 4 is 28.7 Å². The maximum Gasteiger partial charge on any atom is 0.243 e. The zero-order chi connectivity index (χ0) is 18.4. The number of carbonyl (C=O) groups excluding carboxylic acids is 1. The summed E-state index contributed by atoms with van der Waals surface area (Å²) < 4.78 is 0. The summed E-state index contributed by atoms with van der Waals surface area (Å²) in [4.78, 5) is 16.7. The van der Waals surface area contributed by atoms with Crippen molar-refractivity contribution in [3.05, 3.63) is 48.5 Å². The molecule has 1 aliphatic heterocycles. The molecule has 1 saturated heterocycles. The van der Waals surface area contributed by atoms with Gasteiger partial charge < -0.3 is 20.4 Å². The van der Waals surface area contributed by atoms with Gasteiger partial charge in [0.15, 0.2) is 0 Å². The van der Waals surface area contributed by atoms with Gasteiger partial charge in [0, 0.05) is 38.6 Å². The Balaban J connectivity index is 1.57. The van der Waals surface area contributed by atoms with Gasteiger partial charge in [0.25, 0.3) is 0 Å². The van der Waals surface area contributed by atoms with Crippen molar-refractivity contribution < 1.29 is 4.79 Å². The average Bonchev–Trinajstić information content (AvgIpc) is 2.68. The van der Waals surface area contributed by atoms with Crippen LogP contribution in [0.15, 0.2) is 48.5 Å². The molecule has 0 spiro atoms. The number of hydrogen-bond donors (Lipinski definition) is 2. The van der Waals surface area contributed by atoms with E-state index in [-0.39, 0.29) is 12.5 Å². The Bertz CT molecular complexity index is 721. The summed E-state index contributed by atoms with van der Waals surface area (Å²) >= 11 is 0.